The number of amides is 2. The average Bonchev–Trinajstić information content (AvgIpc) is 3.69. The molecule has 10 nitrogen and oxygen atoms in total. The fourth-order valence-electron chi connectivity index (χ4n) is 4.75. The maximum absolute atomic E-state index is 13.7. The Morgan fingerprint density at radius 2 is 1.95 bits per heavy atom. The summed E-state index contributed by atoms with van der Waals surface area (Å²) in [5, 5.41) is 6.97. The molecule has 0 bridgehead atoms. The molecule has 2 atom stereocenters. The molecule has 39 heavy (non-hydrogen) atoms. The molecule has 11 heteroatoms. The first kappa shape index (κ1) is 28.7. The second kappa shape index (κ2) is 13.2. The zero-order valence-electron chi connectivity index (χ0n) is 23.0. The number of ether oxygens (including phenoxy) is 3. The van der Waals surface area contributed by atoms with Crippen molar-refractivity contribution in [3.05, 3.63) is 52.9 Å². The van der Waals surface area contributed by atoms with Crippen molar-refractivity contribution in [2.75, 3.05) is 27.4 Å². The molecule has 1 unspecified atom stereocenters. The Kier molecular flexibility index (Phi) is 9.71. The van der Waals surface area contributed by atoms with E-state index in [0.29, 0.717) is 25.3 Å². The third-order valence-corrected chi connectivity index (χ3v) is 7.88. The van der Waals surface area contributed by atoms with Gasteiger partial charge in [0.05, 0.1) is 16.1 Å². The normalized spacial score (nSPS) is 16.2. The van der Waals surface area contributed by atoms with Crippen molar-refractivity contribution in [1.82, 2.24) is 20.4 Å². The van der Waals surface area contributed by atoms with Gasteiger partial charge in [-0.15, -0.1) is 11.3 Å². The molecule has 0 spiro atoms. The first-order valence-electron chi connectivity index (χ1n) is 13.0. The highest BCUT2D eigenvalue weighted by Crippen LogP contribution is 2.32. The van der Waals surface area contributed by atoms with Gasteiger partial charge in [-0.2, -0.15) is 0 Å². The molecule has 2 amide bonds. The summed E-state index contributed by atoms with van der Waals surface area (Å²) in [6, 6.07) is 9.19. The Morgan fingerprint density at radius 3 is 2.59 bits per heavy atom. The second-order valence-electron chi connectivity index (χ2n) is 9.87. The van der Waals surface area contributed by atoms with Gasteiger partial charge in [-0.25, -0.2) is 4.98 Å². The quantitative estimate of drug-likeness (QED) is 0.331. The van der Waals surface area contributed by atoms with Gasteiger partial charge in [0, 0.05) is 33.4 Å². The van der Waals surface area contributed by atoms with E-state index in [1.807, 2.05) is 50.5 Å². The van der Waals surface area contributed by atoms with E-state index in [-0.39, 0.29) is 30.2 Å². The van der Waals surface area contributed by atoms with Crippen LogP contribution in [0.1, 0.15) is 49.6 Å². The van der Waals surface area contributed by atoms with E-state index in [1.54, 1.807) is 22.3 Å². The number of hydrogen-bond donors (Lipinski definition) is 1. The highest BCUT2D eigenvalue weighted by atomic mass is 32.1. The fraction of sp³-hybridized carbons (Fsp3) is 0.500. The minimum Gasteiger partial charge on any atom is -0.470 e. The van der Waals surface area contributed by atoms with Gasteiger partial charge in [0.1, 0.15) is 18.6 Å². The number of methoxy groups -OCH3 is 2. The summed E-state index contributed by atoms with van der Waals surface area (Å²) in [5.74, 6) is -0.326. The van der Waals surface area contributed by atoms with Crippen LogP contribution in [-0.2, 0) is 25.6 Å². The summed E-state index contributed by atoms with van der Waals surface area (Å²) in [6.45, 7) is 6.92. The van der Waals surface area contributed by atoms with Crippen molar-refractivity contribution < 1.29 is 28.3 Å². The van der Waals surface area contributed by atoms with Crippen LogP contribution in [0.2, 0.25) is 0 Å². The summed E-state index contributed by atoms with van der Waals surface area (Å²) in [5.41, 5.74) is 4.94. The SMILES string of the molecule is COC(COc1cc(C(C(=O)N2CCC[C@H]2C(=O)NCc2ccc(-c3scnc3C)cc2)C(C)C)on1)OC. The van der Waals surface area contributed by atoms with E-state index < -0.39 is 18.2 Å². The Bertz CT molecular complexity index is 1240. The minimum absolute atomic E-state index is 0.0750. The lowest BCUT2D eigenvalue weighted by molar-refractivity contribution is -0.140. The molecule has 2 aromatic heterocycles. The predicted octanol–water partition coefficient (Wildman–Crippen LogP) is 4.15. The molecule has 1 aromatic carbocycles. The van der Waals surface area contributed by atoms with Crippen LogP contribution in [-0.4, -0.2) is 66.6 Å². The van der Waals surface area contributed by atoms with E-state index in [4.69, 9.17) is 18.7 Å². The molecule has 210 valence electrons. The van der Waals surface area contributed by atoms with E-state index in [0.717, 1.165) is 28.1 Å². The molecule has 4 rings (SSSR count). The molecular weight excluding hydrogens is 520 g/mol. The Hall–Kier alpha value is -3.28. The number of nitrogens with zero attached hydrogens (tertiary/aromatic N) is 3. The van der Waals surface area contributed by atoms with Crippen molar-refractivity contribution in [1.29, 1.82) is 0 Å². The summed E-state index contributed by atoms with van der Waals surface area (Å²) in [4.78, 5) is 34.0. The van der Waals surface area contributed by atoms with E-state index in [1.165, 1.54) is 14.2 Å². The number of hydrogen-bond acceptors (Lipinski definition) is 9. The van der Waals surface area contributed by atoms with Gasteiger partial charge >= 0.3 is 0 Å². The van der Waals surface area contributed by atoms with Gasteiger partial charge in [-0.3, -0.25) is 9.59 Å². The zero-order chi connectivity index (χ0) is 27.9. The third kappa shape index (κ3) is 6.84. The van der Waals surface area contributed by atoms with Crippen LogP contribution < -0.4 is 10.1 Å². The van der Waals surface area contributed by atoms with Gasteiger partial charge in [0.15, 0.2) is 12.1 Å². The number of aryl methyl sites for hydroxylation is 1. The van der Waals surface area contributed by atoms with E-state index in [9.17, 15) is 9.59 Å². The van der Waals surface area contributed by atoms with E-state index in [2.05, 4.69) is 15.5 Å². The molecular formula is C28H36N4O6S. The first-order valence-corrected chi connectivity index (χ1v) is 13.9. The number of rotatable bonds is 12. The topological polar surface area (TPSA) is 116 Å². The summed E-state index contributed by atoms with van der Waals surface area (Å²) < 4.78 is 21.3. The van der Waals surface area contributed by atoms with E-state index >= 15 is 0 Å². The second-order valence-corrected chi connectivity index (χ2v) is 10.7. The van der Waals surface area contributed by atoms with Crippen LogP contribution in [0.3, 0.4) is 0 Å². The summed E-state index contributed by atoms with van der Waals surface area (Å²) >= 11 is 1.61. The number of thiazole rings is 1. The first-order chi connectivity index (χ1) is 18.8. The summed E-state index contributed by atoms with van der Waals surface area (Å²) in [7, 11) is 3.03. The predicted molar refractivity (Wildman–Crippen MR) is 146 cm³/mol. The van der Waals surface area contributed by atoms with Gasteiger partial charge in [-0.05, 0) is 42.0 Å². The van der Waals surface area contributed by atoms with Crippen LogP contribution in [0.25, 0.3) is 10.4 Å². The highest BCUT2D eigenvalue weighted by molar-refractivity contribution is 7.13. The molecule has 1 aliphatic heterocycles. The van der Waals surface area contributed by atoms with Crippen molar-refractivity contribution in [3.63, 3.8) is 0 Å². The molecule has 1 N–H and O–H groups in total. The number of carbonyl (C=O) groups is 2. The van der Waals surface area contributed by atoms with Crippen molar-refractivity contribution in [2.24, 2.45) is 5.92 Å². The van der Waals surface area contributed by atoms with Crippen LogP contribution in [0.4, 0.5) is 0 Å². The standard InChI is InChI=1S/C28H36N4O6S/c1-17(2)25(22-13-23(31-38-22)37-15-24(35-4)36-5)28(34)32-12-6-7-21(32)27(33)29-14-19-8-10-20(11-9-19)26-18(3)30-16-39-26/h8-11,13,16-17,21,24-25H,6-7,12,14-15H2,1-5H3,(H,29,33)/t21-,25?/m0/s1. The highest BCUT2D eigenvalue weighted by Gasteiger charge is 2.40. The van der Waals surface area contributed by atoms with Crippen LogP contribution in [0.15, 0.2) is 40.4 Å². The lowest BCUT2D eigenvalue weighted by Crippen LogP contribution is -2.47. The molecule has 0 aliphatic carbocycles. The van der Waals surface area contributed by atoms with Crippen molar-refractivity contribution in [3.8, 4) is 16.3 Å². The smallest absolute Gasteiger partial charge is 0.254 e. The van der Waals surface area contributed by atoms with Crippen molar-refractivity contribution in [2.45, 2.75) is 58.4 Å². The van der Waals surface area contributed by atoms with Gasteiger partial charge < -0.3 is 29.0 Å². The monoisotopic (exact) mass is 556 g/mol. The summed E-state index contributed by atoms with van der Waals surface area (Å²) in [6.07, 6.45) is 0.834. The molecule has 0 radical (unpaired) electrons. The molecule has 1 aliphatic rings. The van der Waals surface area contributed by atoms with Gasteiger partial charge in [0.25, 0.3) is 5.88 Å². The zero-order valence-corrected chi connectivity index (χ0v) is 23.8. The van der Waals surface area contributed by atoms with Crippen molar-refractivity contribution >= 4 is 23.2 Å². The molecule has 3 heterocycles. The Morgan fingerprint density at radius 1 is 1.21 bits per heavy atom. The molecule has 0 saturated carbocycles. The number of nitrogens with one attached hydrogen (secondary N) is 1. The van der Waals surface area contributed by atoms with Crippen LogP contribution in [0, 0.1) is 12.8 Å². The number of likely N-dealkylation sites (tertiary alicyclic amines) is 1. The van der Waals surface area contributed by atoms with Gasteiger partial charge in [0.2, 0.25) is 11.8 Å². The lowest BCUT2D eigenvalue weighted by Gasteiger charge is -2.28. The number of carbonyl (C=O) groups excluding carboxylic acids is 2. The number of aromatic nitrogens is 2. The van der Waals surface area contributed by atoms with Crippen LogP contribution in [0.5, 0.6) is 5.88 Å². The third-order valence-electron chi connectivity index (χ3n) is 6.91. The minimum atomic E-state index is -0.591. The maximum atomic E-state index is 13.7. The maximum Gasteiger partial charge on any atom is 0.254 e. The molecule has 1 fully saturated rings. The number of benzene rings is 1. The lowest BCUT2D eigenvalue weighted by atomic mass is 9.91. The Labute approximate surface area is 232 Å². The molecule has 1 saturated heterocycles. The van der Waals surface area contributed by atoms with Crippen LogP contribution >= 0.6 is 11.3 Å². The largest absolute Gasteiger partial charge is 0.470 e. The molecule has 3 aromatic rings. The average molecular weight is 557 g/mol. The van der Waals surface area contributed by atoms with Gasteiger partial charge in [-0.1, -0.05) is 38.1 Å². The fourth-order valence-corrected chi connectivity index (χ4v) is 5.56. The Balaban J connectivity index is 1.38.